The van der Waals surface area contributed by atoms with Crippen LogP contribution >= 0.6 is 0 Å². The van der Waals surface area contributed by atoms with Gasteiger partial charge in [-0.15, -0.1) is 0 Å². The zero-order valence-electron chi connectivity index (χ0n) is 13.9. The van der Waals surface area contributed by atoms with Crippen LogP contribution in [0.3, 0.4) is 0 Å². The van der Waals surface area contributed by atoms with E-state index in [0.29, 0.717) is 24.5 Å². The molecule has 2 aromatic rings. The fraction of sp³-hybridized carbons (Fsp3) is 0.353. The van der Waals surface area contributed by atoms with Crippen LogP contribution < -0.4 is 10.6 Å². The predicted molar refractivity (Wildman–Crippen MR) is 91.5 cm³/mol. The van der Waals surface area contributed by atoms with Crippen molar-refractivity contribution >= 4 is 11.9 Å². The number of nitrogens with one attached hydrogen (secondary N) is 2. The molecule has 0 unspecified atom stereocenters. The standard InChI is InChI=1S/C17H22FN5O/c1-23(2)10-9-20-17-21-11-14(12-22-17)16(24)19-8-7-13-3-5-15(18)6-4-13/h3-6,11-12H,7-10H2,1-2H3,(H,19,24)(H,20,21,22). The van der Waals surface area contributed by atoms with Crippen LogP contribution in [0.1, 0.15) is 15.9 Å². The number of carbonyl (C=O) groups excluding carboxylic acids is 1. The average molecular weight is 331 g/mol. The number of nitrogens with zero attached hydrogens (tertiary/aromatic N) is 3. The summed E-state index contributed by atoms with van der Waals surface area (Å²) in [6.07, 6.45) is 3.63. The van der Waals surface area contributed by atoms with Crippen LogP contribution in [-0.2, 0) is 6.42 Å². The molecule has 2 N–H and O–H groups in total. The van der Waals surface area contributed by atoms with Crippen LogP contribution in [0.25, 0.3) is 0 Å². The molecule has 1 aromatic heterocycles. The maximum atomic E-state index is 12.8. The first-order chi connectivity index (χ1) is 11.5. The Morgan fingerprint density at radius 3 is 2.42 bits per heavy atom. The van der Waals surface area contributed by atoms with E-state index in [1.165, 1.54) is 24.5 Å². The van der Waals surface area contributed by atoms with Gasteiger partial charge in [-0.25, -0.2) is 14.4 Å². The van der Waals surface area contributed by atoms with Crippen molar-refractivity contribution in [1.29, 1.82) is 0 Å². The molecule has 6 nitrogen and oxygen atoms in total. The molecule has 2 rings (SSSR count). The Bertz CT molecular complexity index is 643. The third-order valence-corrected chi connectivity index (χ3v) is 3.37. The number of benzene rings is 1. The van der Waals surface area contributed by atoms with Crippen molar-refractivity contribution in [2.24, 2.45) is 0 Å². The highest BCUT2D eigenvalue weighted by molar-refractivity contribution is 5.93. The molecule has 0 aliphatic carbocycles. The second-order valence-corrected chi connectivity index (χ2v) is 5.66. The predicted octanol–water partition coefficient (Wildman–Crippen LogP) is 1.56. The Morgan fingerprint density at radius 2 is 1.79 bits per heavy atom. The molecule has 0 saturated carbocycles. The van der Waals surface area contributed by atoms with E-state index in [-0.39, 0.29) is 11.7 Å². The maximum absolute atomic E-state index is 12.8. The molecule has 0 spiro atoms. The largest absolute Gasteiger partial charge is 0.353 e. The summed E-state index contributed by atoms with van der Waals surface area (Å²) in [5, 5.41) is 5.88. The number of likely N-dealkylation sites (N-methyl/N-ethyl adjacent to an activating group) is 1. The Hall–Kier alpha value is -2.54. The van der Waals surface area contributed by atoms with Crippen molar-refractivity contribution in [3.05, 3.63) is 53.6 Å². The van der Waals surface area contributed by atoms with E-state index in [1.807, 2.05) is 14.1 Å². The van der Waals surface area contributed by atoms with Gasteiger partial charge in [0.05, 0.1) is 5.56 Å². The Kier molecular flexibility index (Phi) is 6.62. The first-order valence-electron chi connectivity index (χ1n) is 7.78. The molecule has 0 aliphatic rings. The van der Waals surface area contributed by atoms with E-state index < -0.39 is 0 Å². The molecule has 24 heavy (non-hydrogen) atoms. The molecule has 0 aliphatic heterocycles. The van der Waals surface area contributed by atoms with Gasteiger partial charge in [-0.1, -0.05) is 12.1 Å². The van der Waals surface area contributed by atoms with Gasteiger partial charge in [0.25, 0.3) is 5.91 Å². The molecule has 0 bridgehead atoms. The van der Waals surface area contributed by atoms with E-state index in [0.717, 1.165) is 18.7 Å². The molecule has 0 saturated heterocycles. The van der Waals surface area contributed by atoms with Crippen LogP contribution in [0, 0.1) is 5.82 Å². The van der Waals surface area contributed by atoms with Gasteiger partial charge in [0.2, 0.25) is 5.95 Å². The third-order valence-electron chi connectivity index (χ3n) is 3.37. The normalized spacial score (nSPS) is 10.7. The summed E-state index contributed by atoms with van der Waals surface area (Å²) in [6, 6.07) is 6.23. The Morgan fingerprint density at radius 1 is 1.12 bits per heavy atom. The summed E-state index contributed by atoms with van der Waals surface area (Å²) in [5.74, 6) is 0.0101. The second-order valence-electron chi connectivity index (χ2n) is 5.66. The number of aromatic nitrogens is 2. The van der Waals surface area contributed by atoms with Gasteiger partial charge in [-0.3, -0.25) is 4.79 Å². The second kappa shape index (κ2) is 8.93. The molecule has 0 fully saturated rings. The quantitative estimate of drug-likeness (QED) is 0.768. The fourth-order valence-corrected chi connectivity index (χ4v) is 2.00. The number of anilines is 1. The Labute approximate surface area is 141 Å². The number of hydrogen-bond acceptors (Lipinski definition) is 5. The number of halogens is 1. The van der Waals surface area contributed by atoms with Crippen LogP contribution in [0.5, 0.6) is 0 Å². The molecule has 128 valence electrons. The Balaban J connectivity index is 1.76. The van der Waals surface area contributed by atoms with Crippen LogP contribution in [0.4, 0.5) is 10.3 Å². The minimum Gasteiger partial charge on any atom is -0.353 e. The van der Waals surface area contributed by atoms with E-state index in [1.54, 1.807) is 12.1 Å². The molecule has 1 amide bonds. The van der Waals surface area contributed by atoms with Crippen molar-refractivity contribution in [3.8, 4) is 0 Å². The molecule has 1 heterocycles. The lowest BCUT2D eigenvalue weighted by Gasteiger charge is -2.10. The van der Waals surface area contributed by atoms with Crippen LogP contribution in [0.2, 0.25) is 0 Å². The van der Waals surface area contributed by atoms with Crippen molar-refractivity contribution in [2.45, 2.75) is 6.42 Å². The first-order valence-corrected chi connectivity index (χ1v) is 7.78. The lowest BCUT2D eigenvalue weighted by molar-refractivity contribution is 0.0953. The van der Waals surface area contributed by atoms with Gasteiger partial charge in [-0.05, 0) is 38.2 Å². The smallest absolute Gasteiger partial charge is 0.254 e. The van der Waals surface area contributed by atoms with Gasteiger partial charge in [0.1, 0.15) is 5.82 Å². The average Bonchev–Trinajstić information content (AvgIpc) is 2.57. The zero-order chi connectivity index (χ0) is 17.4. The van der Waals surface area contributed by atoms with Gasteiger partial charge in [0, 0.05) is 32.0 Å². The monoisotopic (exact) mass is 331 g/mol. The fourth-order valence-electron chi connectivity index (χ4n) is 2.00. The minimum atomic E-state index is -0.265. The maximum Gasteiger partial charge on any atom is 0.254 e. The first kappa shape index (κ1) is 17.8. The van der Waals surface area contributed by atoms with E-state index in [9.17, 15) is 9.18 Å². The van der Waals surface area contributed by atoms with Gasteiger partial charge >= 0.3 is 0 Å². The molecule has 0 atom stereocenters. The summed E-state index contributed by atoms with van der Waals surface area (Å²) in [4.78, 5) is 22.3. The van der Waals surface area contributed by atoms with Crippen molar-refractivity contribution in [1.82, 2.24) is 20.2 Å². The highest BCUT2D eigenvalue weighted by Crippen LogP contribution is 2.04. The summed E-state index contributed by atoms with van der Waals surface area (Å²) < 4.78 is 12.8. The van der Waals surface area contributed by atoms with Crippen LogP contribution in [-0.4, -0.2) is 54.5 Å². The summed E-state index contributed by atoms with van der Waals surface area (Å²) in [6.45, 7) is 2.07. The number of carbonyl (C=O) groups is 1. The summed E-state index contributed by atoms with van der Waals surface area (Å²) in [5.41, 5.74) is 1.38. The highest BCUT2D eigenvalue weighted by atomic mass is 19.1. The van der Waals surface area contributed by atoms with Gasteiger partial charge in [0.15, 0.2) is 0 Å². The SMILES string of the molecule is CN(C)CCNc1ncc(C(=O)NCCc2ccc(F)cc2)cn1. The number of rotatable bonds is 8. The third kappa shape index (κ3) is 5.92. The zero-order valence-corrected chi connectivity index (χ0v) is 13.9. The minimum absolute atomic E-state index is 0.225. The van der Waals surface area contributed by atoms with Gasteiger partial charge in [-0.2, -0.15) is 0 Å². The summed E-state index contributed by atoms with van der Waals surface area (Å²) >= 11 is 0. The summed E-state index contributed by atoms with van der Waals surface area (Å²) in [7, 11) is 3.98. The van der Waals surface area contributed by atoms with Crippen molar-refractivity contribution < 1.29 is 9.18 Å². The van der Waals surface area contributed by atoms with E-state index >= 15 is 0 Å². The van der Waals surface area contributed by atoms with Gasteiger partial charge < -0.3 is 15.5 Å². The van der Waals surface area contributed by atoms with Crippen molar-refractivity contribution in [3.63, 3.8) is 0 Å². The topological polar surface area (TPSA) is 70.2 Å². The van der Waals surface area contributed by atoms with Crippen molar-refractivity contribution in [2.75, 3.05) is 39.0 Å². The molecule has 7 heteroatoms. The lowest BCUT2D eigenvalue weighted by Crippen LogP contribution is -2.26. The van der Waals surface area contributed by atoms with E-state index in [2.05, 4.69) is 25.5 Å². The molecule has 0 radical (unpaired) electrons. The number of hydrogen-bond donors (Lipinski definition) is 2. The molecular formula is C17H22FN5O. The van der Waals surface area contributed by atoms with Crippen LogP contribution in [0.15, 0.2) is 36.7 Å². The number of amides is 1. The lowest BCUT2D eigenvalue weighted by atomic mass is 10.1. The molecule has 1 aromatic carbocycles. The highest BCUT2D eigenvalue weighted by Gasteiger charge is 2.06. The molecular weight excluding hydrogens is 309 g/mol. The van der Waals surface area contributed by atoms with E-state index in [4.69, 9.17) is 0 Å².